The van der Waals surface area contributed by atoms with Crippen molar-refractivity contribution in [3.8, 4) is 0 Å². The Morgan fingerprint density at radius 2 is 2.30 bits per heavy atom. The van der Waals surface area contributed by atoms with Crippen molar-refractivity contribution in [2.75, 3.05) is 6.61 Å². The molecule has 0 heterocycles. The highest BCUT2D eigenvalue weighted by molar-refractivity contribution is 8.10. The summed E-state index contributed by atoms with van der Waals surface area (Å²) in [6, 6.07) is 0. The second-order valence-corrected chi connectivity index (χ2v) is 3.23. The Morgan fingerprint density at radius 3 is 2.70 bits per heavy atom. The van der Waals surface area contributed by atoms with Gasteiger partial charge in [-0.05, 0) is 18.1 Å². The van der Waals surface area contributed by atoms with Crippen molar-refractivity contribution in [2.24, 2.45) is 5.92 Å². The highest BCUT2D eigenvalue weighted by Crippen LogP contribution is 2.01. The molecule has 1 unspecified atom stereocenters. The van der Waals surface area contributed by atoms with Crippen molar-refractivity contribution >= 4 is 29.2 Å². The van der Waals surface area contributed by atoms with Gasteiger partial charge in [0.15, 0.2) is 0 Å². The van der Waals surface area contributed by atoms with Gasteiger partial charge in [0, 0.05) is 0 Å². The summed E-state index contributed by atoms with van der Waals surface area (Å²) in [5.41, 5.74) is 0. The van der Waals surface area contributed by atoms with Gasteiger partial charge >= 0.3 is 0 Å². The maximum absolute atomic E-state index is 4.73. The highest BCUT2D eigenvalue weighted by atomic mass is 32.1. The third-order valence-corrected chi connectivity index (χ3v) is 1.32. The molecule has 1 atom stereocenters. The Balaban J connectivity index is 3.11. The maximum atomic E-state index is 4.73. The fraction of sp³-hybridized carbons (Fsp3) is 0.833. The first-order chi connectivity index (χ1) is 4.66. The molecule has 10 heavy (non-hydrogen) atoms. The zero-order chi connectivity index (χ0) is 7.98. The highest BCUT2D eigenvalue weighted by Gasteiger charge is 1.99. The Morgan fingerprint density at radius 1 is 1.70 bits per heavy atom. The van der Waals surface area contributed by atoms with Crippen LogP contribution in [-0.4, -0.2) is 11.0 Å². The molecule has 0 radical (unpaired) electrons. The molecule has 0 aliphatic heterocycles. The first kappa shape index (κ1) is 10.2. The standard InChI is InChI=1S/C6H12O2S2/c1-3-5(2)4-7-8-6(9)10/h5H,3-4H2,1-2H3,(H,9,10). The molecule has 0 amide bonds. The van der Waals surface area contributed by atoms with Crippen LogP contribution in [0.3, 0.4) is 0 Å². The fourth-order valence-corrected chi connectivity index (χ4v) is 0.419. The monoisotopic (exact) mass is 180 g/mol. The third-order valence-electron chi connectivity index (χ3n) is 1.18. The molecule has 0 saturated heterocycles. The molecule has 0 N–H and O–H groups in total. The van der Waals surface area contributed by atoms with Crippen molar-refractivity contribution in [2.45, 2.75) is 20.3 Å². The van der Waals surface area contributed by atoms with Crippen molar-refractivity contribution in [1.29, 1.82) is 0 Å². The van der Waals surface area contributed by atoms with Gasteiger partial charge in [0.05, 0.1) is 6.61 Å². The largest absolute Gasteiger partial charge is 0.319 e. The van der Waals surface area contributed by atoms with Crippen molar-refractivity contribution in [3.63, 3.8) is 0 Å². The third kappa shape index (κ3) is 6.32. The average molecular weight is 180 g/mol. The van der Waals surface area contributed by atoms with E-state index >= 15 is 0 Å². The molecule has 2 nitrogen and oxygen atoms in total. The van der Waals surface area contributed by atoms with Gasteiger partial charge in [-0.1, -0.05) is 32.9 Å². The quantitative estimate of drug-likeness (QED) is 0.310. The lowest BCUT2D eigenvalue weighted by Crippen LogP contribution is -2.06. The number of rotatable bonds is 4. The molecule has 4 heteroatoms. The molecule has 60 valence electrons. The van der Waals surface area contributed by atoms with E-state index in [0.29, 0.717) is 12.5 Å². The van der Waals surface area contributed by atoms with Crippen LogP contribution < -0.4 is 0 Å². The fourth-order valence-electron chi connectivity index (χ4n) is 0.318. The Bertz CT molecular complexity index is 106. The second kappa shape index (κ2) is 5.95. The molecule has 0 fully saturated rings. The van der Waals surface area contributed by atoms with Crippen LogP contribution in [0, 0.1) is 5.92 Å². The van der Waals surface area contributed by atoms with Gasteiger partial charge in [0.1, 0.15) is 0 Å². The molecule has 0 aromatic heterocycles. The van der Waals surface area contributed by atoms with Crippen molar-refractivity contribution < 1.29 is 9.78 Å². The summed E-state index contributed by atoms with van der Waals surface area (Å²) in [6.07, 6.45) is 1.07. The smallest absolute Gasteiger partial charge is 0.260 e. The Labute approximate surface area is 72.2 Å². The van der Waals surface area contributed by atoms with Gasteiger partial charge in [-0.2, -0.15) is 4.89 Å². The molecule has 0 aromatic carbocycles. The Kier molecular flexibility index (Phi) is 6.06. The molecule has 0 rings (SSSR count). The number of thiocarbonyl (C=S) groups is 1. The van der Waals surface area contributed by atoms with Crippen molar-refractivity contribution in [3.05, 3.63) is 0 Å². The zero-order valence-electron chi connectivity index (χ0n) is 6.16. The van der Waals surface area contributed by atoms with Crippen LogP contribution in [0.1, 0.15) is 20.3 Å². The lowest BCUT2D eigenvalue weighted by atomic mass is 10.1. The van der Waals surface area contributed by atoms with E-state index in [1.807, 2.05) is 0 Å². The SMILES string of the molecule is CCC(C)COOC(=S)S. The minimum atomic E-state index is 0.128. The Hall–Kier alpha value is 0.200. The van der Waals surface area contributed by atoms with Crippen LogP contribution in [-0.2, 0) is 9.78 Å². The topological polar surface area (TPSA) is 18.5 Å². The zero-order valence-corrected chi connectivity index (χ0v) is 7.87. The number of thiol groups is 1. The second-order valence-electron chi connectivity index (χ2n) is 2.15. The molecular weight excluding hydrogens is 168 g/mol. The van der Waals surface area contributed by atoms with E-state index < -0.39 is 0 Å². The van der Waals surface area contributed by atoms with Gasteiger partial charge in [-0.3, -0.25) is 0 Å². The van der Waals surface area contributed by atoms with E-state index in [0.717, 1.165) is 6.42 Å². The normalized spacial score (nSPS) is 12.7. The van der Waals surface area contributed by atoms with Gasteiger partial charge in [0.25, 0.3) is 4.38 Å². The van der Waals surface area contributed by atoms with Gasteiger partial charge in [0.2, 0.25) is 0 Å². The molecule has 0 saturated carbocycles. The minimum Gasteiger partial charge on any atom is -0.319 e. The number of hydrogen-bond donors (Lipinski definition) is 1. The van der Waals surface area contributed by atoms with Crippen LogP contribution in [0.5, 0.6) is 0 Å². The van der Waals surface area contributed by atoms with Crippen molar-refractivity contribution in [1.82, 2.24) is 0 Å². The molecule has 0 aliphatic carbocycles. The van der Waals surface area contributed by atoms with Crippen LogP contribution in [0.2, 0.25) is 0 Å². The molecule has 0 spiro atoms. The van der Waals surface area contributed by atoms with Gasteiger partial charge in [-0.15, -0.1) is 0 Å². The minimum absolute atomic E-state index is 0.128. The number of hydrogen-bond acceptors (Lipinski definition) is 3. The van der Waals surface area contributed by atoms with E-state index in [1.54, 1.807) is 0 Å². The summed E-state index contributed by atoms with van der Waals surface area (Å²) in [6.45, 7) is 4.73. The van der Waals surface area contributed by atoms with E-state index in [1.165, 1.54) is 0 Å². The lowest BCUT2D eigenvalue weighted by Gasteiger charge is -2.06. The molecule has 0 aromatic rings. The summed E-state index contributed by atoms with van der Waals surface area (Å²) in [5.74, 6) is 0.502. The van der Waals surface area contributed by atoms with Gasteiger partial charge < -0.3 is 4.89 Å². The van der Waals surface area contributed by atoms with E-state index in [2.05, 4.69) is 43.6 Å². The van der Waals surface area contributed by atoms with Crippen LogP contribution in [0.15, 0.2) is 0 Å². The molecular formula is C6H12O2S2. The maximum Gasteiger partial charge on any atom is 0.260 e. The summed E-state index contributed by atoms with van der Waals surface area (Å²) >= 11 is 8.21. The summed E-state index contributed by atoms with van der Waals surface area (Å²) in [4.78, 5) is 9.24. The van der Waals surface area contributed by atoms with Crippen LogP contribution in [0.4, 0.5) is 0 Å². The summed E-state index contributed by atoms with van der Waals surface area (Å²) < 4.78 is 0.128. The van der Waals surface area contributed by atoms with E-state index in [9.17, 15) is 0 Å². The predicted octanol–water partition coefficient (Wildman–Crippen LogP) is 2.20. The van der Waals surface area contributed by atoms with Gasteiger partial charge in [-0.25, -0.2) is 0 Å². The van der Waals surface area contributed by atoms with Crippen LogP contribution in [0.25, 0.3) is 0 Å². The lowest BCUT2D eigenvalue weighted by molar-refractivity contribution is -0.224. The molecule has 0 aliphatic rings. The summed E-state index contributed by atoms with van der Waals surface area (Å²) in [7, 11) is 0. The van der Waals surface area contributed by atoms with Crippen LogP contribution >= 0.6 is 24.8 Å². The van der Waals surface area contributed by atoms with E-state index in [4.69, 9.17) is 4.89 Å². The first-order valence-electron chi connectivity index (χ1n) is 3.19. The van der Waals surface area contributed by atoms with E-state index in [-0.39, 0.29) is 4.38 Å². The molecule has 0 bridgehead atoms. The summed E-state index contributed by atoms with van der Waals surface area (Å²) in [5, 5.41) is 0. The first-order valence-corrected chi connectivity index (χ1v) is 4.04. The predicted molar refractivity (Wildman–Crippen MR) is 48.1 cm³/mol. The average Bonchev–Trinajstić information content (AvgIpc) is 1.87.